The van der Waals surface area contributed by atoms with Crippen molar-refractivity contribution in [2.45, 2.75) is 65.1 Å². The predicted octanol–water partition coefficient (Wildman–Crippen LogP) is 5.98. The van der Waals surface area contributed by atoms with Crippen molar-refractivity contribution in [3.05, 3.63) is 102 Å². The molecule has 4 N–H and O–H groups in total. The Balaban J connectivity index is 0.000000269. The van der Waals surface area contributed by atoms with Crippen molar-refractivity contribution in [3.63, 3.8) is 0 Å². The summed E-state index contributed by atoms with van der Waals surface area (Å²) in [6, 6.07) is 28.7. The van der Waals surface area contributed by atoms with Gasteiger partial charge in [-0.25, -0.2) is 0 Å². The van der Waals surface area contributed by atoms with Gasteiger partial charge in [0.15, 0.2) is 0 Å². The summed E-state index contributed by atoms with van der Waals surface area (Å²) in [5.41, 5.74) is 3.16. The first-order valence-electron chi connectivity index (χ1n) is 12.7. The lowest BCUT2D eigenvalue weighted by Crippen LogP contribution is -2.38. The van der Waals surface area contributed by atoms with Gasteiger partial charge in [-0.1, -0.05) is 86.6 Å². The van der Waals surface area contributed by atoms with Gasteiger partial charge in [0, 0.05) is 25.2 Å². The van der Waals surface area contributed by atoms with Crippen LogP contribution in [0, 0.1) is 5.92 Å². The van der Waals surface area contributed by atoms with Crippen LogP contribution in [0.25, 0.3) is 0 Å². The Labute approximate surface area is 220 Å². The summed E-state index contributed by atoms with van der Waals surface area (Å²) < 4.78 is 0. The third-order valence-corrected chi connectivity index (χ3v) is 6.41. The van der Waals surface area contributed by atoms with Crippen LogP contribution in [0.1, 0.15) is 63.3 Å². The summed E-state index contributed by atoms with van der Waals surface area (Å²) >= 11 is 0. The molecule has 0 spiro atoms. The molecule has 0 heterocycles. The molecule has 0 radical (unpaired) electrons. The number of rotatable bonds is 11. The Morgan fingerprint density at radius 1 is 0.838 bits per heavy atom. The van der Waals surface area contributed by atoms with E-state index in [0.717, 1.165) is 17.8 Å². The molecule has 0 saturated heterocycles. The molecule has 37 heavy (non-hydrogen) atoms. The van der Waals surface area contributed by atoms with E-state index in [0.29, 0.717) is 18.9 Å². The number of anilines is 1. The number of carbonyl (C=O) groups excluding carboxylic acids is 1. The number of hydrogen-bond acceptors (Lipinski definition) is 4. The first-order chi connectivity index (χ1) is 17.6. The number of benzene rings is 3. The van der Waals surface area contributed by atoms with Gasteiger partial charge in [-0.2, -0.15) is 0 Å². The van der Waals surface area contributed by atoms with Crippen molar-refractivity contribution in [2.24, 2.45) is 5.92 Å². The second kappa shape index (κ2) is 14.9. The maximum Gasteiger partial charge on any atom is 0.306 e. The Morgan fingerprint density at radius 3 is 1.92 bits per heavy atom. The maximum atomic E-state index is 10.9. The Morgan fingerprint density at radius 2 is 1.41 bits per heavy atom. The van der Waals surface area contributed by atoms with Crippen LogP contribution in [-0.4, -0.2) is 27.7 Å². The van der Waals surface area contributed by atoms with E-state index in [1.54, 1.807) is 12.1 Å². The molecule has 3 aromatic rings. The van der Waals surface area contributed by atoms with Gasteiger partial charge in [-0.3, -0.25) is 9.59 Å². The SMILES string of the molecule is CC(=O)Nc1ccc(CCC(O)(CC(=O)O)C(C)C)cc1.CC(NCc1ccccc1)c1ccccc1. The smallest absolute Gasteiger partial charge is 0.306 e. The fraction of sp³-hybridized carbons (Fsp3) is 0.355. The van der Waals surface area contributed by atoms with Crippen LogP contribution >= 0.6 is 0 Å². The molecule has 0 aliphatic heterocycles. The van der Waals surface area contributed by atoms with E-state index in [-0.39, 0.29) is 18.2 Å². The zero-order chi connectivity index (χ0) is 27.3. The van der Waals surface area contributed by atoms with Crippen molar-refractivity contribution in [2.75, 3.05) is 5.32 Å². The lowest BCUT2D eigenvalue weighted by Gasteiger charge is -2.30. The molecule has 6 heteroatoms. The summed E-state index contributed by atoms with van der Waals surface area (Å²) in [6.45, 7) is 8.20. The summed E-state index contributed by atoms with van der Waals surface area (Å²) in [5.74, 6) is -1.25. The van der Waals surface area contributed by atoms with Crippen LogP contribution in [0.3, 0.4) is 0 Å². The largest absolute Gasteiger partial charge is 0.481 e. The highest BCUT2D eigenvalue weighted by Crippen LogP contribution is 2.27. The van der Waals surface area contributed by atoms with Gasteiger partial charge >= 0.3 is 5.97 Å². The van der Waals surface area contributed by atoms with Crippen LogP contribution in [0.15, 0.2) is 84.9 Å². The summed E-state index contributed by atoms with van der Waals surface area (Å²) in [4.78, 5) is 21.8. The molecule has 0 fully saturated rings. The average molecular weight is 505 g/mol. The Bertz CT molecular complexity index is 1090. The number of amides is 1. The fourth-order valence-electron chi connectivity index (χ4n) is 3.89. The first-order valence-corrected chi connectivity index (χ1v) is 12.7. The highest BCUT2D eigenvalue weighted by Gasteiger charge is 2.33. The molecule has 198 valence electrons. The van der Waals surface area contributed by atoms with E-state index < -0.39 is 11.6 Å². The molecule has 2 unspecified atom stereocenters. The normalized spacial score (nSPS) is 13.1. The lowest BCUT2D eigenvalue weighted by atomic mass is 9.82. The van der Waals surface area contributed by atoms with Gasteiger partial charge in [0.1, 0.15) is 0 Å². The van der Waals surface area contributed by atoms with Gasteiger partial charge in [0.25, 0.3) is 0 Å². The van der Waals surface area contributed by atoms with Gasteiger partial charge in [-0.15, -0.1) is 0 Å². The van der Waals surface area contributed by atoms with E-state index >= 15 is 0 Å². The molecule has 2 atom stereocenters. The predicted molar refractivity (Wildman–Crippen MR) is 149 cm³/mol. The number of aliphatic hydroxyl groups is 1. The van der Waals surface area contributed by atoms with Crippen molar-refractivity contribution in [1.82, 2.24) is 5.32 Å². The molecular formula is C31H40N2O4. The quantitative estimate of drug-likeness (QED) is 0.258. The van der Waals surface area contributed by atoms with Crippen LogP contribution in [0.5, 0.6) is 0 Å². The Kier molecular flexibility index (Phi) is 12.0. The summed E-state index contributed by atoms with van der Waals surface area (Å²) in [5, 5.41) is 25.6. The topological polar surface area (TPSA) is 98.7 Å². The third kappa shape index (κ3) is 11.0. The molecule has 3 rings (SSSR count). The van der Waals surface area contributed by atoms with Crippen molar-refractivity contribution >= 4 is 17.6 Å². The molecule has 0 aromatic heterocycles. The molecule has 0 aliphatic carbocycles. The lowest BCUT2D eigenvalue weighted by molar-refractivity contribution is -0.145. The molecule has 0 saturated carbocycles. The van der Waals surface area contributed by atoms with Gasteiger partial charge in [0.2, 0.25) is 5.91 Å². The Hall–Kier alpha value is -3.48. The standard InChI is InChI=1S/C16H23NO4.C15H17N/c1-11(2)16(21,10-15(19)20)9-8-13-4-6-14(7-5-13)17-12(3)18;1-13(15-10-6-3-7-11-15)16-12-14-8-4-2-5-9-14/h4-7,11,21H,8-10H2,1-3H3,(H,17,18)(H,19,20);2-11,13,16H,12H2,1H3. The van der Waals surface area contributed by atoms with E-state index in [2.05, 4.69) is 66.1 Å². The molecule has 1 amide bonds. The monoisotopic (exact) mass is 504 g/mol. The van der Waals surface area contributed by atoms with Crippen LogP contribution < -0.4 is 10.6 Å². The summed E-state index contributed by atoms with van der Waals surface area (Å²) in [7, 11) is 0. The van der Waals surface area contributed by atoms with Crippen molar-refractivity contribution < 1.29 is 19.8 Å². The van der Waals surface area contributed by atoms with E-state index in [9.17, 15) is 14.7 Å². The second-order valence-corrected chi connectivity index (χ2v) is 9.71. The molecule has 0 bridgehead atoms. The van der Waals surface area contributed by atoms with Gasteiger partial charge in [0.05, 0.1) is 12.0 Å². The zero-order valence-electron chi connectivity index (χ0n) is 22.3. The molecule has 0 aliphatic rings. The van der Waals surface area contributed by atoms with E-state index in [1.165, 1.54) is 18.1 Å². The third-order valence-electron chi connectivity index (χ3n) is 6.41. The van der Waals surface area contributed by atoms with Gasteiger partial charge < -0.3 is 20.8 Å². The van der Waals surface area contributed by atoms with Gasteiger partial charge in [-0.05, 0) is 54.5 Å². The molecule has 3 aromatic carbocycles. The first kappa shape index (κ1) is 29.7. The minimum Gasteiger partial charge on any atom is -0.481 e. The summed E-state index contributed by atoms with van der Waals surface area (Å²) in [6.07, 6.45) is 0.716. The minimum atomic E-state index is -1.21. The maximum absolute atomic E-state index is 10.9. The van der Waals surface area contributed by atoms with E-state index in [1.807, 2.05) is 38.1 Å². The highest BCUT2D eigenvalue weighted by atomic mass is 16.4. The van der Waals surface area contributed by atoms with Crippen LogP contribution in [-0.2, 0) is 22.6 Å². The molecule has 6 nitrogen and oxygen atoms in total. The highest BCUT2D eigenvalue weighted by molar-refractivity contribution is 5.88. The fourth-order valence-corrected chi connectivity index (χ4v) is 3.89. The molecular weight excluding hydrogens is 464 g/mol. The number of carboxylic acids is 1. The van der Waals surface area contributed by atoms with Crippen LogP contribution in [0.4, 0.5) is 5.69 Å². The minimum absolute atomic E-state index is 0.126. The number of carbonyl (C=O) groups is 2. The van der Waals surface area contributed by atoms with Crippen molar-refractivity contribution in [3.8, 4) is 0 Å². The number of aryl methyl sites for hydroxylation is 1. The zero-order valence-corrected chi connectivity index (χ0v) is 22.3. The van der Waals surface area contributed by atoms with Crippen molar-refractivity contribution in [1.29, 1.82) is 0 Å². The second-order valence-electron chi connectivity index (χ2n) is 9.71. The number of aliphatic carboxylic acids is 1. The van der Waals surface area contributed by atoms with Crippen LogP contribution in [0.2, 0.25) is 0 Å². The average Bonchev–Trinajstić information content (AvgIpc) is 2.87. The number of carboxylic acid groups (broad SMARTS) is 1. The number of nitrogens with one attached hydrogen (secondary N) is 2. The van der Waals surface area contributed by atoms with E-state index in [4.69, 9.17) is 5.11 Å². The number of hydrogen-bond donors (Lipinski definition) is 4.